The fourth-order valence-electron chi connectivity index (χ4n) is 3.59. The molecule has 0 atom stereocenters. The van der Waals surface area contributed by atoms with E-state index in [2.05, 4.69) is 10.0 Å². The van der Waals surface area contributed by atoms with E-state index in [1.54, 1.807) is 38.1 Å². The molecule has 1 amide bonds. The molecule has 1 saturated heterocycles. The second-order valence-corrected chi connectivity index (χ2v) is 11.7. The van der Waals surface area contributed by atoms with Gasteiger partial charge in [-0.05, 0) is 62.6 Å². The monoisotopic (exact) mass is 479 g/mol. The van der Waals surface area contributed by atoms with Crippen molar-refractivity contribution >= 4 is 26.0 Å². The van der Waals surface area contributed by atoms with Crippen LogP contribution in [-0.2, 0) is 26.6 Å². The summed E-state index contributed by atoms with van der Waals surface area (Å²) in [4.78, 5) is 12.9. The molecule has 0 saturated carbocycles. The summed E-state index contributed by atoms with van der Waals surface area (Å²) in [6.45, 7) is 4.50. The van der Waals surface area contributed by atoms with Crippen molar-refractivity contribution in [3.63, 3.8) is 0 Å². The van der Waals surface area contributed by atoms with Gasteiger partial charge >= 0.3 is 0 Å². The van der Waals surface area contributed by atoms with Crippen molar-refractivity contribution in [2.45, 2.75) is 55.5 Å². The van der Waals surface area contributed by atoms with E-state index >= 15 is 0 Å². The molecular weight excluding hydrogens is 450 g/mol. The number of nitrogens with zero attached hydrogens (tertiary/aromatic N) is 1. The zero-order valence-electron chi connectivity index (χ0n) is 18.2. The van der Waals surface area contributed by atoms with E-state index < -0.39 is 26.0 Å². The number of hydrogen-bond acceptors (Lipinski definition) is 5. The second kappa shape index (κ2) is 10.1. The summed E-state index contributed by atoms with van der Waals surface area (Å²) in [7, 11) is -7.27. The van der Waals surface area contributed by atoms with Crippen molar-refractivity contribution in [3.05, 3.63) is 59.7 Å². The number of carbonyl (C=O) groups excluding carboxylic acids is 1. The van der Waals surface area contributed by atoms with Gasteiger partial charge in [0.05, 0.1) is 9.79 Å². The van der Waals surface area contributed by atoms with E-state index in [4.69, 9.17) is 0 Å². The van der Waals surface area contributed by atoms with E-state index in [0.717, 1.165) is 19.3 Å². The van der Waals surface area contributed by atoms with Crippen LogP contribution in [0.15, 0.2) is 58.3 Å². The molecule has 2 N–H and O–H groups in total. The third-order valence-electron chi connectivity index (χ3n) is 5.16. The highest BCUT2D eigenvalue weighted by atomic mass is 32.2. The molecule has 1 aliphatic rings. The van der Waals surface area contributed by atoms with Crippen molar-refractivity contribution in [1.82, 2.24) is 14.3 Å². The van der Waals surface area contributed by atoms with Crippen LogP contribution in [0.4, 0.5) is 0 Å². The first kappa shape index (κ1) is 24.4. The molecule has 2 aromatic rings. The molecule has 0 bridgehead atoms. The first-order chi connectivity index (χ1) is 15.1. The van der Waals surface area contributed by atoms with Gasteiger partial charge < -0.3 is 5.32 Å². The SMILES string of the molecule is CC(C)NS(=O)(=O)c1ccc(C(=O)NCc2ccccc2S(=O)(=O)N2CCCCC2)cc1. The molecule has 8 nitrogen and oxygen atoms in total. The summed E-state index contributed by atoms with van der Waals surface area (Å²) in [5.41, 5.74) is 0.789. The highest BCUT2D eigenvalue weighted by Crippen LogP contribution is 2.23. The number of carbonyl (C=O) groups is 1. The molecule has 0 spiro atoms. The smallest absolute Gasteiger partial charge is 0.251 e. The van der Waals surface area contributed by atoms with Gasteiger partial charge in [0.2, 0.25) is 20.0 Å². The summed E-state index contributed by atoms with van der Waals surface area (Å²) in [6.07, 6.45) is 2.71. The van der Waals surface area contributed by atoms with Crippen LogP contribution in [0.25, 0.3) is 0 Å². The van der Waals surface area contributed by atoms with E-state index in [1.807, 2.05) is 0 Å². The summed E-state index contributed by atoms with van der Waals surface area (Å²) >= 11 is 0. The van der Waals surface area contributed by atoms with E-state index in [0.29, 0.717) is 18.7 Å². The third-order valence-corrected chi connectivity index (χ3v) is 8.84. The molecule has 1 heterocycles. The minimum Gasteiger partial charge on any atom is -0.348 e. The van der Waals surface area contributed by atoms with Crippen LogP contribution in [0.3, 0.4) is 0 Å². The Kier molecular flexibility index (Phi) is 7.71. The van der Waals surface area contributed by atoms with Crippen LogP contribution in [0.2, 0.25) is 0 Å². The van der Waals surface area contributed by atoms with E-state index in [9.17, 15) is 21.6 Å². The lowest BCUT2D eigenvalue weighted by Crippen LogP contribution is -2.36. The first-order valence-electron chi connectivity index (χ1n) is 10.6. The Bertz CT molecular complexity index is 1150. The zero-order valence-corrected chi connectivity index (χ0v) is 19.9. The maximum absolute atomic E-state index is 13.1. The highest BCUT2D eigenvalue weighted by molar-refractivity contribution is 7.89. The van der Waals surface area contributed by atoms with Gasteiger partial charge in [-0.25, -0.2) is 21.6 Å². The minimum absolute atomic E-state index is 0.0387. The normalized spacial score (nSPS) is 15.6. The molecule has 0 aliphatic carbocycles. The van der Waals surface area contributed by atoms with Gasteiger partial charge in [-0.1, -0.05) is 24.6 Å². The quantitative estimate of drug-likeness (QED) is 0.604. The molecule has 10 heteroatoms. The fraction of sp³-hybridized carbons (Fsp3) is 0.409. The van der Waals surface area contributed by atoms with Crippen molar-refractivity contribution in [1.29, 1.82) is 0 Å². The lowest BCUT2D eigenvalue weighted by molar-refractivity contribution is 0.0950. The van der Waals surface area contributed by atoms with Crippen LogP contribution in [0.5, 0.6) is 0 Å². The third kappa shape index (κ3) is 5.74. The van der Waals surface area contributed by atoms with Gasteiger partial charge in [-0.2, -0.15) is 4.31 Å². The first-order valence-corrected chi connectivity index (χ1v) is 13.5. The standard InChI is InChI=1S/C22H29N3O5S2/c1-17(2)24-31(27,28)20-12-10-18(11-13-20)22(26)23-16-19-8-4-5-9-21(19)32(29,30)25-14-6-3-7-15-25/h4-5,8-13,17,24H,3,6-7,14-16H2,1-2H3,(H,23,26). The summed E-state index contributed by atoms with van der Waals surface area (Å²) in [5, 5.41) is 2.73. The Labute approximate surface area is 190 Å². The number of amides is 1. The number of piperidine rings is 1. The van der Waals surface area contributed by atoms with Gasteiger partial charge in [-0.3, -0.25) is 4.79 Å². The van der Waals surface area contributed by atoms with Crippen molar-refractivity contribution in [3.8, 4) is 0 Å². The largest absolute Gasteiger partial charge is 0.348 e. The molecule has 1 fully saturated rings. The topological polar surface area (TPSA) is 113 Å². The molecule has 1 aliphatic heterocycles. The van der Waals surface area contributed by atoms with Crippen molar-refractivity contribution in [2.75, 3.05) is 13.1 Å². The van der Waals surface area contributed by atoms with Gasteiger partial charge in [0.1, 0.15) is 0 Å². The molecule has 2 aromatic carbocycles. The summed E-state index contributed by atoms with van der Waals surface area (Å²) < 4.78 is 54.6. The molecular formula is C22H29N3O5S2. The highest BCUT2D eigenvalue weighted by Gasteiger charge is 2.28. The number of nitrogens with one attached hydrogen (secondary N) is 2. The number of rotatable bonds is 8. The van der Waals surface area contributed by atoms with E-state index in [-0.39, 0.29) is 27.9 Å². The molecule has 0 unspecified atom stereocenters. The van der Waals surface area contributed by atoms with Crippen LogP contribution in [0, 0.1) is 0 Å². The Balaban J connectivity index is 1.72. The Morgan fingerprint density at radius 3 is 2.19 bits per heavy atom. The average Bonchev–Trinajstić information content (AvgIpc) is 2.77. The summed E-state index contributed by atoms with van der Waals surface area (Å²) in [5.74, 6) is -0.420. The lowest BCUT2D eigenvalue weighted by Gasteiger charge is -2.26. The van der Waals surface area contributed by atoms with E-state index in [1.165, 1.54) is 28.6 Å². The van der Waals surface area contributed by atoms with Gasteiger partial charge in [0.25, 0.3) is 5.91 Å². The van der Waals surface area contributed by atoms with Gasteiger partial charge in [-0.15, -0.1) is 0 Å². The Morgan fingerprint density at radius 1 is 0.938 bits per heavy atom. The van der Waals surface area contributed by atoms with Crippen LogP contribution >= 0.6 is 0 Å². The maximum atomic E-state index is 13.1. The fourth-order valence-corrected chi connectivity index (χ4v) is 6.58. The maximum Gasteiger partial charge on any atom is 0.251 e. The average molecular weight is 480 g/mol. The number of hydrogen-bond donors (Lipinski definition) is 2. The van der Waals surface area contributed by atoms with Crippen LogP contribution in [-0.4, -0.2) is 46.2 Å². The van der Waals surface area contributed by atoms with Crippen molar-refractivity contribution in [2.24, 2.45) is 0 Å². The predicted molar refractivity (Wildman–Crippen MR) is 122 cm³/mol. The number of sulfonamides is 2. The van der Waals surface area contributed by atoms with Crippen molar-refractivity contribution < 1.29 is 21.6 Å². The number of benzene rings is 2. The molecule has 174 valence electrons. The lowest BCUT2D eigenvalue weighted by atomic mass is 10.2. The predicted octanol–water partition coefficient (Wildman–Crippen LogP) is 2.48. The zero-order chi connectivity index (χ0) is 23.4. The molecule has 32 heavy (non-hydrogen) atoms. The molecule has 0 aromatic heterocycles. The van der Waals surface area contributed by atoms with Gasteiger partial charge in [0, 0.05) is 31.2 Å². The Morgan fingerprint density at radius 2 is 1.56 bits per heavy atom. The van der Waals surface area contributed by atoms with Crippen LogP contribution < -0.4 is 10.0 Å². The molecule has 3 rings (SSSR count). The minimum atomic E-state index is -3.64. The summed E-state index contributed by atoms with van der Waals surface area (Å²) in [6, 6.07) is 12.0. The second-order valence-electron chi connectivity index (χ2n) is 8.06. The van der Waals surface area contributed by atoms with Gasteiger partial charge in [0.15, 0.2) is 0 Å². The molecule has 0 radical (unpaired) electrons. The Hall–Kier alpha value is -2.27. The van der Waals surface area contributed by atoms with Crippen LogP contribution in [0.1, 0.15) is 49.0 Å².